The van der Waals surface area contributed by atoms with Gasteiger partial charge in [0, 0.05) is 0 Å². The van der Waals surface area contributed by atoms with Gasteiger partial charge in [-0.1, -0.05) is 98.6 Å². The van der Waals surface area contributed by atoms with Crippen molar-refractivity contribution >= 4 is 0 Å². The summed E-state index contributed by atoms with van der Waals surface area (Å²) in [5, 5.41) is 79.6. The fraction of sp³-hybridized carbons (Fsp3) is 0.786. The van der Waals surface area contributed by atoms with E-state index in [1.807, 2.05) is 27.7 Å². The predicted octanol–water partition coefficient (Wildman–Crippen LogP) is 8.60. The highest BCUT2D eigenvalue weighted by Gasteiger charge is 2.51. The summed E-state index contributed by atoms with van der Waals surface area (Å²) in [6.07, 6.45) is 29.1. The third-order valence-corrected chi connectivity index (χ3v) is 16.7. The Morgan fingerprint density at radius 3 is 1.24 bits per heavy atom. The van der Waals surface area contributed by atoms with Gasteiger partial charge in [-0.25, -0.2) is 0 Å². The highest BCUT2D eigenvalue weighted by atomic mass is 16.5. The lowest BCUT2D eigenvalue weighted by atomic mass is 9.61. The van der Waals surface area contributed by atoms with Gasteiger partial charge >= 0.3 is 0 Å². The average Bonchev–Trinajstić information content (AvgIpc) is 3.78. The van der Waals surface area contributed by atoms with Crippen LogP contribution < -0.4 is 0 Å². The zero-order valence-electron chi connectivity index (χ0n) is 42.1. The van der Waals surface area contributed by atoms with Crippen molar-refractivity contribution in [2.24, 2.45) is 46.3 Å². The van der Waals surface area contributed by atoms with Gasteiger partial charge in [0.05, 0.1) is 62.0 Å². The van der Waals surface area contributed by atoms with Crippen LogP contribution in [0.3, 0.4) is 0 Å². The molecule has 0 amide bonds. The van der Waals surface area contributed by atoms with Crippen molar-refractivity contribution in [1.29, 1.82) is 0 Å². The van der Waals surface area contributed by atoms with E-state index in [2.05, 4.69) is 76.3 Å². The predicted molar refractivity (Wildman–Crippen MR) is 263 cm³/mol. The largest absolute Gasteiger partial charge is 0.394 e. The number of aliphatic hydroxyl groups excluding tert-OH is 6. The van der Waals surface area contributed by atoms with Gasteiger partial charge in [-0.15, -0.1) is 0 Å². The van der Waals surface area contributed by atoms with Crippen LogP contribution in [0.25, 0.3) is 0 Å². The van der Waals surface area contributed by atoms with Crippen molar-refractivity contribution in [3.05, 3.63) is 70.9 Å². The third kappa shape index (κ3) is 14.6. The monoisotopic (exact) mass is 925 g/mol. The van der Waals surface area contributed by atoms with E-state index in [4.69, 9.17) is 19.7 Å². The lowest BCUT2D eigenvalue weighted by molar-refractivity contribution is -0.115. The summed E-state index contributed by atoms with van der Waals surface area (Å²) >= 11 is 0. The van der Waals surface area contributed by atoms with E-state index in [1.165, 1.54) is 62.5 Å². The van der Waals surface area contributed by atoms with Crippen LogP contribution >= 0.6 is 0 Å². The fourth-order valence-corrected chi connectivity index (χ4v) is 13.5. The molecule has 0 saturated heterocycles. The van der Waals surface area contributed by atoms with Crippen molar-refractivity contribution < 1.29 is 50.3 Å². The van der Waals surface area contributed by atoms with Crippen molar-refractivity contribution in [2.45, 2.75) is 206 Å². The zero-order valence-corrected chi connectivity index (χ0v) is 42.1. The maximum atomic E-state index is 10.4. The van der Waals surface area contributed by atoms with Crippen LogP contribution in [0.4, 0.5) is 0 Å². The normalized spacial score (nSPS) is 37.5. The van der Waals surface area contributed by atoms with Gasteiger partial charge in [-0.2, -0.15) is 0 Å². The number of allylic oxidation sites excluding steroid dienone is 8. The van der Waals surface area contributed by atoms with Crippen LogP contribution in [-0.2, 0) is 9.47 Å². The van der Waals surface area contributed by atoms with Crippen LogP contribution in [0.15, 0.2) is 70.9 Å². The summed E-state index contributed by atoms with van der Waals surface area (Å²) in [6, 6.07) is 0. The first-order valence-corrected chi connectivity index (χ1v) is 25.8. The number of rotatable bonds is 16. The van der Waals surface area contributed by atoms with Gasteiger partial charge < -0.3 is 50.3 Å². The van der Waals surface area contributed by atoms with E-state index in [9.17, 15) is 30.6 Å². The first-order chi connectivity index (χ1) is 31.1. The molecule has 12 atom stereocenters. The lowest BCUT2D eigenvalue weighted by Gasteiger charge is -2.44. The number of hydrogen-bond donors (Lipinski definition) is 8. The maximum absolute atomic E-state index is 10.4. The summed E-state index contributed by atoms with van der Waals surface area (Å²) in [6.45, 7) is 17.1. The van der Waals surface area contributed by atoms with Crippen molar-refractivity contribution in [1.82, 2.24) is 0 Å². The first kappa shape index (κ1) is 55.0. The van der Waals surface area contributed by atoms with Crippen LogP contribution in [-0.4, -0.2) is 115 Å². The van der Waals surface area contributed by atoms with Gasteiger partial charge in [0.2, 0.25) is 0 Å². The van der Waals surface area contributed by atoms with Crippen molar-refractivity contribution in [3.8, 4) is 0 Å². The number of fused-ring (bicyclic) bond motifs is 2. The van der Waals surface area contributed by atoms with Crippen LogP contribution in [0.2, 0.25) is 0 Å². The molecule has 0 aromatic carbocycles. The molecular weight excluding hydrogens is 833 g/mol. The Kier molecular flexibility index (Phi) is 20.2. The molecule has 0 aliphatic heterocycles. The molecule has 0 spiro atoms. The molecule has 0 radical (unpaired) electrons. The quantitative estimate of drug-likeness (QED) is 0.0699. The maximum Gasteiger partial charge on any atom is 0.110 e. The molecular formula is C56H92O10. The van der Waals surface area contributed by atoms with Crippen molar-refractivity contribution in [3.63, 3.8) is 0 Å². The highest BCUT2D eigenvalue weighted by molar-refractivity contribution is 5.28. The molecule has 0 bridgehead atoms. The Balaban J connectivity index is 0.000000247. The van der Waals surface area contributed by atoms with Gasteiger partial charge in [-0.05, 0) is 177 Å². The van der Waals surface area contributed by atoms with E-state index in [-0.39, 0.29) is 26.4 Å². The summed E-state index contributed by atoms with van der Waals surface area (Å²) in [5.74, 6) is 3.49. The molecule has 0 aromatic rings. The van der Waals surface area contributed by atoms with Crippen LogP contribution in [0, 0.1) is 46.3 Å². The number of aliphatic hydroxyl groups is 8. The van der Waals surface area contributed by atoms with E-state index >= 15 is 0 Å². The smallest absolute Gasteiger partial charge is 0.110 e. The molecule has 8 N–H and O–H groups in total. The summed E-state index contributed by atoms with van der Waals surface area (Å²) < 4.78 is 10.9. The molecule has 6 rings (SSSR count). The Hall–Kier alpha value is -1.96. The zero-order chi connectivity index (χ0) is 48.5. The molecule has 10 heteroatoms. The van der Waals surface area contributed by atoms with Gasteiger partial charge in [0.1, 0.15) is 12.2 Å². The summed E-state index contributed by atoms with van der Waals surface area (Å²) in [4.78, 5) is 0. The van der Waals surface area contributed by atoms with E-state index < -0.39 is 47.8 Å². The molecule has 6 aliphatic rings. The molecule has 10 nitrogen and oxygen atoms in total. The molecule has 6 fully saturated rings. The minimum atomic E-state index is -0.742. The fourth-order valence-electron chi connectivity index (χ4n) is 13.5. The molecule has 6 unspecified atom stereocenters. The Bertz CT molecular complexity index is 1560. The minimum Gasteiger partial charge on any atom is -0.394 e. The SMILES string of the molecule is C[C@H](/C=C/CC(C)(C)O)C1CCC2/C(=C/C=C3C[C@@H](O)C(OCCO)[C@H](O)C3)CCCC21C.C[C@H](/C=C/CC(C)(C)O)C1CCC2/C(=C/C=C3C[C@@H](O)C(OCCO)[C@H](O)C3)CCCC21C. The number of ether oxygens (including phenoxy) is 2. The molecule has 376 valence electrons. The number of hydrogen-bond acceptors (Lipinski definition) is 10. The molecule has 6 aliphatic carbocycles. The van der Waals surface area contributed by atoms with Gasteiger partial charge in [-0.3, -0.25) is 0 Å². The second kappa shape index (κ2) is 24.2. The summed E-state index contributed by atoms with van der Waals surface area (Å²) in [5.41, 5.74) is 4.47. The second-order valence-corrected chi connectivity index (χ2v) is 23.1. The Morgan fingerprint density at radius 2 is 0.924 bits per heavy atom. The van der Waals surface area contributed by atoms with E-state index in [0.29, 0.717) is 84.9 Å². The minimum absolute atomic E-state index is 0.111. The van der Waals surface area contributed by atoms with E-state index in [0.717, 1.165) is 24.0 Å². The van der Waals surface area contributed by atoms with Gasteiger partial charge in [0.25, 0.3) is 0 Å². The van der Waals surface area contributed by atoms with E-state index in [1.54, 1.807) is 0 Å². The Labute approximate surface area is 398 Å². The second-order valence-electron chi connectivity index (χ2n) is 23.1. The van der Waals surface area contributed by atoms with Crippen molar-refractivity contribution in [2.75, 3.05) is 26.4 Å². The topological polar surface area (TPSA) is 180 Å². The molecule has 0 heterocycles. The molecule has 0 aromatic heterocycles. The van der Waals surface area contributed by atoms with Crippen LogP contribution in [0.5, 0.6) is 0 Å². The first-order valence-electron chi connectivity index (χ1n) is 25.8. The lowest BCUT2D eigenvalue weighted by Crippen LogP contribution is -2.44. The van der Waals surface area contributed by atoms with Crippen LogP contribution in [0.1, 0.15) is 158 Å². The highest BCUT2D eigenvalue weighted by Crippen LogP contribution is 2.61. The standard InChI is InChI=1S/2C28H46O5/c2*1-19(7-5-13-27(2,3)32)22-11-12-23-21(8-6-14-28(22,23)4)10-9-20-17-24(30)26(25(31)18-20)33-16-15-29/h2*5,7,9-10,19,22-26,29-32H,6,8,11-18H2,1-4H3/b2*7-5+,20-9?,21-10+/t2*19-,22?,23?,24-,25-,26?,28?/m11/s1. The molecule has 66 heavy (non-hydrogen) atoms. The summed E-state index contributed by atoms with van der Waals surface area (Å²) in [7, 11) is 0. The molecule has 6 saturated carbocycles. The Morgan fingerprint density at radius 1 is 0.576 bits per heavy atom. The van der Waals surface area contributed by atoms with Gasteiger partial charge in [0.15, 0.2) is 0 Å². The average molecular weight is 925 g/mol. The third-order valence-electron chi connectivity index (χ3n) is 16.7.